The molecule has 7 heteroatoms. The Labute approximate surface area is 90.7 Å². The number of amides is 1. The molecule has 0 aliphatic heterocycles. The van der Waals surface area contributed by atoms with Crippen LogP contribution in [0.25, 0.3) is 0 Å². The Morgan fingerprint density at radius 1 is 1.62 bits per heavy atom. The number of carbonyl (C=O) groups is 1. The van der Waals surface area contributed by atoms with Gasteiger partial charge in [-0.1, -0.05) is 0 Å². The highest BCUT2D eigenvalue weighted by Crippen LogP contribution is 2.10. The number of nitriles is 1. The van der Waals surface area contributed by atoms with Gasteiger partial charge in [-0.15, -0.1) is 0 Å². The lowest BCUT2D eigenvalue weighted by molar-refractivity contribution is 0.101. The van der Waals surface area contributed by atoms with Gasteiger partial charge >= 0.3 is 0 Å². The maximum Gasteiger partial charge on any atom is 0.275 e. The van der Waals surface area contributed by atoms with Crippen molar-refractivity contribution in [3.63, 3.8) is 0 Å². The third-order valence-corrected chi connectivity index (χ3v) is 2.05. The van der Waals surface area contributed by atoms with E-state index in [2.05, 4.69) is 20.5 Å². The SMILES string of the molecule is Cn1cncc1C(=O)Nc1[nH]ncc1C#N. The third-order valence-electron chi connectivity index (χ3n) is 2.05. The van der Waals surface area contributed by atoms with E-state index in [4.69, 9.17) is 5.26 Å². The molecular formula is C9H8N6O. The number of aryl methyl sites for hydroxylation is 1. The second-order valence-corrected chi connectivity index (χ2v) is 3.11. The van der Waals surface area contributed by atoms with E-state index in [1.54, 1.807) is 11.6 Å². The molecular weight excluding hydrogens is 208 g/mol. The van der Waals surface area contributed by atoms with Gasteiger partial charge in [0.05, 0.1) is 18.7 Å². The minimum atomic E-state index is -0.347. The molecule has 0 fully saturated rings. The summed E-state index contributed by atoms with van der Waals surface area (Å²) in [6, 6.07) is 1.91. The van der Waals surface area contributed by atoms with E-state index in [-0.39, 0.29) is 17.3 Å². The van der Waals surface area contributed by atoms with E-state index in [1.165, 1.54) is 18.7 Å². The molecule has 1 amide bonds. The first-order valence-electron chi connectivity index (χ1n) is 4.43. The molecule has 2 aromatic rings. The standard InChI is InChI=1S/C9H8N6O/c1-15-5-11-4-7(15)9(16)13-8-6(2-10)3-12-14-8/h3-5H,1H3,(H2,12,13,14,16). The summed E-state index contributed by atoms with van der Waals surface area (Å²) in [4.78, 5) is 15.6. The van der Waals surface area contributed by atoms with Gasteiger partial charge in [0.2, 0.25) is 0 Å². The van der Waals surface area contributed by atoms with Crippen LogP contribution >= 0.6 is 0 Å². The predicted molar refractivity (Wildman–Crippen MR) is 54.5 cm³/mol. The van der Waals surface area contributed by atoms with E-state index in [0.29, 0.717) is 5.69 Å². The van der Waals surface area contributed by atoms with Crippen LogP contribution in [0, 0.1) is 11.3 Å². The Balaban J connectivity index is 2.21. The van der Waals surface area contributed by atoms with Crippen LogP contribution in [0.15, 0.2) is 18.7 Å². The molecule has 0 saturated carbocycles. The van der Waals surface area contributed by atoms with Crippen LogP contribution in [0.3, 0.4) is 0 Å². The second-order valence-electron chi connectivity index (χ2n) is 3.11. The van der Waals surface area contributed by atoms with Crippen molar-refractivity contribution in [3.05, 3.63) is 30.0 Å². The highest BCUT2D eigenvalue weighted by Gasteiger charge is 2.13. The van der Waals surface area contributed by atoms with E-state index in [9.17, 15) is 4.79 Å². The van der Waals surface area contributed by atoms with Gasteiger partial charge in [0.25, 0.3) is 5.91 Å². The Kier molecular flexibility index (Phi) is 2.39. The van der Waals surface area contributed by atoms with Crippen LogP contribution < -0.4 is 5.32 Å². The van der Waals surface area contributed by atoms with Crippen molar-refractivity contribution >= 4 is 11.7 Å². The highest BCUT2D eigenvalue weighted by atomic mass is 16.2. The summed E-state index contributed by atoms with van der Waals surface area (Å²) in [5.74, 6) is -0.0607. The highest BCUT2D eigenvalue weighted by molar-refractivity contribution is 6.02. The smallest absolute Gasteiger partial charge is 0.275 e. The topological polar surface area (TPSA) is 99.4 Å². The van der Waals surface area contributed by atoms with Gasteiger partial charge in [0.15, 0.2) is 0 Å². The Morgan fingerprint density at radius 3 is 3.06 bits per heavy atom. The van der Waals surface area contributed by atoms with E-state index >= 15 is 0 Å². The van der Waals surface area contributed by atoms with Gasteiger partial charge in [-0.3, -0.25) is 9.89 Å². The van der Waals surface area contributed by atoms with Gasteiger partial charge in [0.1, 0.15) is 23.1 Å². The van der Waals surface area contributed by atoms with E-state index in [1.807, 2.05) is 6.07 Å². The minimum Gasteiger partial charge on any atom is -0.330 e. The van der Waals surface area contributed by atoms with Crippen LogP contribution in [0.4, 0.5) is 5.82 Å². The summed E-state index contributed by atoms with van der Waals surface area (Å²) >= 11 is 0. The molecule has 0 aromatic carbocycles. The zero-order valence-electron chi connectivity index (χ0n) is 8.43. The van der Waals surface area contributed by atoms with Gasteiger partial charge < -0.3 is 9.88 Å². The Hall–Kier alpha value is -2.62. The molecule has 80 valence electrons. The fourth-order valence-corrected chi connectivity index (χ4v) is 1.22. The first-order chi connectivity index (χ1) is 7.72. The summed E-state index contributed by atoms with van der Waals surface area (Å²) in [5, 5.41) is 17.5. The molecule has 7 nitrogen and oxygen atoms in total. The minimum absolute atomic E-state index is 0.286. The second kappa shape index (κ2) is 3.86. The molecule has 0 atom stereocenters. The molecule has 0 radical (unpaired) electrons. The van der Waals surface area contributed by atoms with E-state index < -0.39 is 0 Å². The Morgan fingerprint density at radius 2 is 2.44 bits per heavy atom. The van der Waals surface area contributed by atoms with Crippen molar-refractivity contribution in [2.75, 3.05) is 5.32 Å². The number of nitrogens with one attached hydrogen (secondary N) is 2. The molecule has 2 rings (SSSR count). The zero-order valence-corrected chi connectivity index (χ0v) is 8.43. The van der Waals surface area contributed by atoms with Crippen LogP contribution in [0.1, 0.15) is 16.1 Å². The normalized spacial score (nSPS) is 9.75. The summed E-state index contributed by atoms with van der Waals surface area (Å²) in [6.45, 7) is 0. The molecule has 0 unspecified atom stereocenters. The number of rotatable bonds is 2. The third kappa shape index (κ3) is 1.64. The zero-order chi connectivity index (χ0) is 11.5. The molecule has 2 heterocycles. The van der Waals surface area contributed by atoms with Crippen molar-refractivity contribution in [2.45, 2.75) is 0 Å². The molecule has 2 N–H and O–H groups in total. The first-order valence-corrected chi connectivity index (χ1v) is 4.43. The number of hydrogen-bond acceptors (Lipinski definition) is 4. The maximum absolute atomic E-state index is 11.7. The summed E-state index contributed by atoms with van der Waals surface area (Å²) in [7, 11) is 1.71. The fraction of sp³-hybridized carbons (Fsp3) is 0.111. The summed E-state index contributed by atoms with van der Waals surface area (Å²) < 4.78 is 1.58. The van der Waals surface area contributed by atoms with Crippen LogP contribution in [-0.4, -0.2) is 25.7 Å². The molecule has 0 aliphatic carbocycles. The fourth-order valence-electron chi connectivity index (χ4n) is 1.22. The monoisotopic (exact) mass is 216 g/mol. The van der Waals surface area contributed by atoms with Gasteiger partial charge in [-0.25, -0.2) is 4.98 Å². The molecule has 2 aromatic heterocycles. The van der Waals surface area contributed by atoms with Crippen LogP contribution in [-0.2, 0) is 7.05 Å². The number of anilines is 1. The molecule has 0 bridgehead atoms. The summed E-state index contributed by atoms with van der Waals surface area (Å²) in [6.07, 6.45) is 4.31. The number of H-pyrrole nitrogens is 1. The van der Waals surface area contributed by atoms with Crippen molar-refractivity contribution in [1.29, 1.82) is 5.26 Å². The summed E-state index contributed by atoms with van der Waals surface area (Å²) in [5.41, 5.74) is 0.689. The number of aromatic nitrogens is 4. The van der Waals surface area contributed by atoms with Gasteiger partial charge in [-0.05, 0) is 0 Å². The lowest BCUT2D eigenvalue weighted by atomic mass is 10.3. The van der Waals surface area contributed by atoms with Crippen molar-refractivity contribution in [2.24, 2.45) is 7.05 Å². The van der Waals surface area contributed by atoms with Crippen molar-refractivity contribution in [1.82, 2.24) is 19.7 Å². The average molecular weight is 216 g/mol. The maximum atomic E-state index is 11.7. The molecule has 16 heavy (non-hydrogen) atoms. The molecule has 0 saturated heterocycles. The molecule has 0 aliphatic rings. The number of carbonyl (C=O) groups excluding carboxylic acids is 1. The van der Waals surface area contributed by atoms with Gasteiger partial charge in [-0.2, -0.15) is 10.4 Å². The average Bonchev–Trinajstić information content (AvgIpc) is 2.86. The first kappa shape index (κ1) is 9.92. The van der Waals surface area contributed by atoms with Crippen LogP contribution in [0.2, 0.25) is 0 Å². The number of aromatic amines is 1. The molecule has 0 spiro atoms. The lowest BCUT2D eigenvalue weighted by Gasteiger charge is -2.02. The van der Waals surface area contributed by atoms with Crippen molar-refractivity contribution < 1.29 is 4.79 Å². The Bertz CT molecular complexity index is 561. The largest absolute Gasteiger partial charge is 0.330 e. The lowest BCUT2D eigenvalue weighted by Crippen LogP contribution is -2.16. The number of nitrogens with zero attached hydrogens (tertiary/aromatic N) is 4. The predicted octanol–water partition coefficient (Wildman–Crippen LogP) is 0.267. The van der Waals surface area contributed by atoms with Crippen LogP contribution in [0.5, 0.6) is 0 Å². The van der Waals surface area contributed by atoms with Gasteiger partial charge in [0, 0.05) is 7.05 Å². The van der Waals surface area contributed by atoms with E-state index in [0.717, 1.165) is 0 Å². The number of imidazole rings is 1. The quantitative estimate of drug-likeness (QED) is 0.752. The number of hydrogen-bond donors (Lipinski definition) is 2. The van der Waals surface area contributed by atoms with Crippen molar-refractivity contribution in [3.8, 4) is 6.07 Å².